The molecule has 0 N–H and O–H groups in total. The lowest BCUT2D eigenvalue weighted by molar-refractivity contribution is 0.632. The molecule has 0 aliphatic heterocycles. The third-order valence-corrected chi connectivity index (χ3v) is 7.77. The number of furan rings is 1. The van der Waals surface area contributed by atoms with Crippen LogP contribution in [0.4, 0.5) is 0 Å². The monoisotopic (exact) mass is 620 g/mol. The molecule has 0 fully saturated rings. The quantitative estimate of drug-likeness (QED) is 0.174. The summed E-state index contributed by atoms with van der Waals surface area (Å²) >= 11 is 0. The molecule has 0 spiro atoms. The second kappa shape index (κ2) is 11.3. The molecule has 0 amide bonds. The molecule has 0 saturated carbocycles. The molecule has 8 aromatic carbocycles. The predicted molar refractivity (Wildman–Crippen MR) is 198 cm³/mol. The van der Waals surface area contributed by atoms with Gasteiger partial charge in [0, 0.05) is 22.1 Å². The Kier molecular flexibility index (Phi) is 3.11. The van der Waals surface area contributed by atoms with Gasteiger partial charge >= 0.3 is 0 Å². The molecule has 0 unspecified atom stereocenters. The van der Waals surface area contributed by atoms with Crippen LogP contribution in [0.25, 0.3) is 88.3 Å². The van der Waals surface area contributed by atoms with Crippen molar-refractivity contribution < 1.29 is 34.6 Å². The lowest BCUT2D eigenvalue weighted by atomic mass is 9.84. The SMILES string of the molecule is [2H]c1c([2H])c([2H])c(-c2c([2H])c([2H])c([2H])c(-c3oc4cc(-c5ccccc5)ccc4c3-c3c4c([2H])c([2H])c([2H])c([2H])c4c(-c4c([2H])c([2H])c([2H])c([2H])c4[2H])c4c([2H])c([2H])c([2H])c([2H])c34)c2[2H])c([2H])c1[2H]. The Morgan fingerprint density at radius 3 is 1.57 bits per heavy atom. The average Bonchev–Trinajstić information content (AvgIpc) is 3.71. The normalized spacial score (nSPS) is 18.0. The highest BCUT2D eigenvalue weighted by Gasteiger charge is 2.24. The van der Waals surface area contributed by atoms with Crippen LogP contribution in [0.5, 0.6) is 0 Å². The van der Waals surface area contributed by atoms with E-state index in [9.17, 15) is 8.22 Å². The Morgan fingerprint density at radius 2 is 0.915 bits per heavy atom. The summed E-state index contributed by atoms with van der Waals surface area (Å²) in [5.41, 5.74) is -2.67. The molecule has 1 nitrogen and oxygen atoms in total. The predicted octanol–water partition coefficient (Wildman–Crippen LogP) is 13.1. The van der Waals surface area contributed by atoms with Crippen molar-refractivity contribution in [3.8, 4) is 55.8 Å². The van der Waals surface area contributed by atoms with Crippen LogP contribution >= 0.6 is 0 Å². The van der Waals surface area contributed by atoms with Gasteiger partial charge in [0.1, 0.15) is 11.3 Å². The zero-order valence-corrected chi connectivity index (χ0v) is 24.0. The van der Waals surface area contributed by atoms with Crippen molar-refractivity contribution in [2.75, 3.05) is 0 Å². The maximum absolute atomic E-state index is 9.70. The van der Waals surface area contributed by atoms with Crippen molar-refractivity contribution in [1.29, 1.82) is 0 Å². The maximum atomic E-state index is 9.70. The van der Waals surface area contributed by atoms with Crippen LogP contribution in [-0.2, 0) is 0 Å². The molecule has 1 aromatic heterocycles. The summed E-state index contributed by atoms with van der Waals surface area (Å²) < 4.78 is 203. The lowest BCUT2D eigenvalue weighted by Crippen LogP contribution is -1.91. The van der Waals surface area contributed by atoms with Crippen molar-refractivity contribution in [3.05, 3.63) is 181 Å². The number of hydrogen-bond acceptors (Lipinski definition) is 1. The second-order valence-electron chi connectivity index (χ2n) is 10.4. The van der Waals surface area contributed by atoms with Crippen molar-refractivity contribution >= 4 is 32.5 Å². The van der Waals surface area contributed by atoms with E-state index in [4.69, 9.17) is 26.3 Å². The molecule has 220 valence electrons. The molecule has 9 rings (SSSR count). The number of rotatable bonds is 5. The Bertz CT molecular complexity index is 3670. The highest BCUT2D eigenvalue weighted by Crippen LogP contribution is 2.50. The molecule has 9 aromatic rings. The van der Waals surface area contributed by atoms with Gasteiger partial charge in [0.15, 0.2) is 0 Å². The Morgan fingerprint density at radius 1 is 0.362 bits per heavy atom. The largest absolute Gasteiger partial charge is 0.455 e. The van der Waals surface area contributed by atoms with Crippen LogP contribution in [0.2, 0.25) is 0 Å². The smallest absolute Gasteiger partial charge is 0.143 e. The fourth-order valence-corrected chi connectivity index (χ4v) is 5.79. The molecule has 1 heterocycles. The average molecular weight is 621 g/mol. The van der Waals surface area contributed by atoms with Gasteiger partial charge in [-0.2, -0.15) is 0 Å². The first-order valence-corrected chi connectivity index (χ1v) is 14.3. The van der Waals surface area contributed by atoms with Gasteiger partial charge in [0.05, 0.1) is 30.2 Å². The van der Waals surface area contributed by atoms with E-state index in [2.05, 4.69) is 0 Å². The van der Waals surface area contributed by atoms with E-state index < -0.39 is 194 Å². The van der Waals surface area contributed by atoms with Crippen molar-refractivity contribution in [3.63, 3.8) is 0 Å². The summed E-state index contributed by atoms with van der Waals surface area (Å²) in [4.78, 5) is 0. The zero-order chi connectivity index (χ0) is 50.3. The van der Waals surface area contributed by atoms with E-state index in [-0.39, 0.29) is 16.5 Å². The molecule has 0 aliphatic rings. The summed E-state index contributed by atoms with van der Waals surface area (Å²) in [5.74, 6) is -0.537. The summed E-state index contributed by atoms with van der Waals surface area (Å²) in [7, 11) is 0. The first-order valence-electron chi connectivity index (χ1n) is 25.3. The van der Waals surface area contributed by atoms with Crippen LogP contribution in [-0.4, -0.2) is 0 Å². The molecule has 0 saturated heterocycles. The van der Waals surface area contributed by atoms with Crippen molar-refractivity contribution in [1.82, 2.24) is 0 Å². The molecular weight excluding hydrogens is 569 g/mol. The topological polar surface area (TPSA) is 13.1 Å². The van der Waals surface area contributed by atoms with Gasteiger partial charge in [0.2, 0.25) is 0 Å². The Balaban J connectivity index is 1.61. The van der Waals surface area contributed by atoms with E-state index in [1.807, 2.05) is 0 Å². The third kappa shape index (κ3) is 4.64. The Labute approximate surface area is 304 Å². The minimum atomic E-state index is -0.894. The highest BCUT2D eigenvalue weighted by atomic mass is 16.3. The minimum absolute atomic E-state index is 0.0383. The van der Waals surface area contributed by atoms with Gasteiger partial charge in [-0.15, -0.1) is 0 Å². The van der Waals surface area contributed by atoms with E-state index in [0.717, 1.165) is 0 Å². The Hall–Kier alpha value is -6.18. The van der Waals surface area contributed by atoms with Crippen molar-refractivity contribution in [2.45, 2.75) is 0 Å². The van der Waals surface area contributed by atoms with Gasteiger partial charge in [-0.25, -0.2) is 0 Å². The fourth-order valence-electron chi connectivity index (χ4n) is 5.79. The maximum Gasteiger partial charge on any atom is 0.143 e. The minimum Gasteiger partial charge on any atom is -0.455 e. The standard InChI is InChI=1S/C46H30O/c1-4-15-31(16-5-1)34-21-14-22-36(29-34)46-45(41-28-27-35(30-42(41)47-46)32-17-6-2-7-18-32)44-39-25-12-10-23-37(39)43(33-19-8-3-9-20-33)38-24-11-13-26-40(38)44/h1-30H/i1D,3D,4D,5D,8D,9D,10D,11D,12D,13D,14D,15D,16D,19D,20D,21D,22D,23D,24D,25D,26D,29D. The van der Waals surface area contributed by atoms with Gasteiger partial charge < -0.3 is 4.42 Å². The molecule has 0 aliphatic carbocycles. The molecular formula is C46H30O. The highest BCUT2D eigenvalue weighted by molar-refractivity contribution is 6.25. The molecule has 0 radical (unpaired) electrons. The molecule has 1 heteroatoms. The van der Waals surface area contributed by atoms with Gasteiger partial charge in [-0.05, 0) is 73.1 Å². The van der Waals surface area contributed by atoms with Crippen LogP contribution in [0.1, 0.15) is 30.2 Å². The van der Waals surface area contributed by atoms with E-state index in [1.54, 1.807) is 42.5 Å². The van der Waals surface area contributed by atoms with Gasteiger partial charge in [-0.1, -0.05) is 163 Å². The number of benzene rings is 8. The molecule has 0 atom stereocenters. The lowest BCUT2D eigenvalue weighted by Gasteiger charge is -2.18. The molecule has 0 bridgehead atoms. The van der Waals surface area contributed by atoms with Crippen LogP contribution < -0.4 is 0 Å². The van der Waals surface area contributed by atoms with Crippen LogP contribution in [0.15, 0.2) is 186 Å². The van der Waals surface area contributed by atoms with Crippen LogP contribution in [0.3, 0.4) is 0 Å². The van der Waals surface area contributed by atoms with Gasteiger partial charge in [0.25, 0.3) is 0 Å². The summed E-state index contributed by atoms with van der Waals surface area (Å²) in [6, 6.07) is -5.05. The third-order valence-electron chi connectivity index (χ3n) is 7.77. The first-order chi connectivity index (χ1) is 32.5. The van der Waals surface area contributed by atoms with Crippen molar-refractivity contribution in [2.24, 2.45) is 0 Å². The van der Waals surface area contributed by atoms with E-state index >= 15 is 0 Å². The zero-order valence-electron chi connectivity index (χ0n) is 46.0. The van der Waals surface area contributed by atoms with Crippen LogP contribution in [0, 0.1) is 0 Å². The second-order valence-corrected chi connectivity index (χ2v) is 10.4. The number of hydrogen-bond donors (Lipinski definition) is 0. The summed E-state index contributed by atoms with van der Waals surface area (Å²) in [6.07, 6.45) is 0. The molecule has 47 heavy (non-hydrogen) atoms. The van der Waals surface area contributed by atoms with Gasteiger partial charge in [-0.3, -0.25) is 0 Å². The van der Waals surface area contributed by atoms with E-state index in [0.29, 0.717) is 11.1 Å². The first kappa shape index (κ1) is 12.9. The fraction of sp³-hybridized carbons (Fsp3) is 0. The summed E-state index contributed by atoms with van der Waals surface area (Å²) in [5, 5.41) is -2.07. The number of fused-ring (bicyclic) bond motifs is 3. The van der Waals surface area contributed by atoms with E-state index in [1.165, 1.54) is 6.07 Å². The summed E-state index contributed by atoms with van der Waals surface area (Å²) in [6.45, 7) is 0.